The molecule has 1 heterocycles. The highest BCUT2D eigenvalue weighted by Gasteiger charge is 2.11. The molecule has 6 heteroatoms. The number of halogens is 1. The minimum atomic E-state index is -3.25. The van der Waals surface area contributed by atoms with E-state index in [1.807, 2.05) is 24.3 Å². The van der Waals surface area contributed by atoms with Crippen LogP contribution in [0, 0.1) is 0 Å². The van der Waals surface area contributed by atoms with Gasteiger partial charge in [-0.3, -0.25) is 4.79 Å². The number of nitrogens with zero attached hydrogens (tertiary/aromatic N) is 1. The molecule has 0 saturated carbocycles. The molecule has 0 amide bonds. The molecule has 2 aromatic carbocycles. The van der Waals surface area contributed by atoms with E-state index in [0.29, 0.717) is 11.1 Å². The predicted molar refractivity (Wildman–Crippen MR) is 95.4 cm³/mol. The summed E-state index contributed by atoms with van der Waals surface area (Å²) in [5, 5.41) is 0.934. The molecule has 3 aromatic rings. The summed E-state index contributed by atoms with van der Waals surface area (Å²) >= 11 is 3.43. The minimum Gasteiger partial charge on any atom is -0.311 e. The van der Waals surface area contributed by atoms with E-state index in [2.05, 4.69) is 15.9 Å². The van der Waals surface area contributed by atoms with Gasteiger partial charge in [0, 0.05) is 28.7 Å². The van der Waals surface area contributed by atoms with Crippen molar-refractivity contribution in [2.75, 3.05) is 6.26 Å². The van der Waals surface area contributed by atoms with Crippen LogP contribution in [0.4, 0.5) is 0 Å². The molecule has 118 valence electrons. The lowest BCUT2D eigenvalue weighted by Crippen LogP contribution is -2.18. The SMILES string of the molecule is Cn1c(=O)c(-c2ccc(S(C)(=O)=O)cc2)cc2cc(Br)ccc21. The van der Waals surface area contributed by atoms with Crippen LogP contribution in [0.5, 0.6) is 0 Å². The van der Waals surface area contributed by atoms with Crippen LogP contribution < -0.4 is 5.56 Å². The maximum atomic E-state index is 12.6. The van der Waals surface area contributed by atoms with E-state index in [1.54, 1.807) is 23.7 Å². The smallest absolute Gasteiger partial charge is 0.258 e. The summed E-state index contributed by atoms with van der Waals surface area (Å²) in [7, 11) is -1.52. The number of rotatable bonds is 2. The number of benzene rings is 2. The van der Waals surface area contributed by atoms with E-state index in [9.17, 15) is 13.2 Å². The van der Waals surface area contributed by atoms with E-state index in [4.69, 9.17) is 0 Å². The molecule has 0 aliphatic rings. The number of hydrogen-bond acceptors (Lipinski definition) is 3. The summed E-state index contributed by atoms with van der Waals surface area (Å²) in [5.41, 5.74) is 1.96. The molecule has 0 bridgehead atoms. The molecular weight excluding hydrogens is 378 g/mol. The third-order valence-corrected chi connectivity index (χ3v) is 5.40. The molecule has 3 rings (SSSR count). The second-order valence-electron chi connectivity index (χ2n) is 5.42. The first-order valence-electron chi connectivity index (χ1n) is 6.87. The molecule has 0 spiro atoms. The van der Waals surface area contributed by atoms with Crippen LogP contribution in [0.2, 0.25) is 0 Å². The van der Waals surface area contributed by atoms with Crippen LogP contribution in [0.15, 0.2) is 62.7 Å². The number of fused-ring (bicyclic) bond motifs is 1. The van der Waals surface area contributed by atoms with Gasteiger partial charge in [0.2, 0.25) is 0 Å². The molecule has 1 aromatic heterocycles. The Labute approximate surface area is 142 Å². The zero-order valence-electron chi connectivity index (χ0n) is 12.6. The normalized spacial score (nSPS) is 11.8. The van der Waals surface area contributed by atoms with Gasteiger partial charge < -0.3 is 4.57 Å². The Kier molecular flexibility index (Phi) is 3.90. The van der Waals surface area contributed by atoms with Crippen molar-refractivity contribution < 1.29 is 8.42 Å². The van der Waals surface area contributed by atoms with Crippen molar-refractivity contribution in [3.8, 4) is 11.1 Å². The van der Waals surface area contributed by atoms with Gasteiger partial charge in [0.1, 0.15) is 0 Å². The summed E-state index contributed by atoms with van der Waals surface area (Å²) in [6.45, 7) is 0. The fourth-order valence-electron chi connectivity index (χ4n) is 2.54. The zero-order chi connectivity index (χ0) is 16.8. The van der Waals surface area contributed by atoms with Crippen LogP contribution in [0.3, 0.4) is 0 Å². The van der Waals surface area contributed by atoms with E-state index >= 15 is 0 Å². The van der Waals surface area contributed by atoms with Gasteiger partial charge in [0.05, 0.1) is 10.4 Å². The van der Waals surface area contributed by atoms with Crippen molar-refractivity contribution in [1.29, 1.82) is 0 Å². The Bertz CT molecular complexity index is 1070. The van der Waals surface area contributed by atoms with Gasteiger partial charge in [-0.05, 0) is 42.0 Å². The Hall–Kier alpha value is -1.92. The largest absolute Gasteiger partial charge is 0.311 e. The van der Waals surface area contributed by atoms with Crippen molar-refractivity contribution in [1.82, 2.24) is 4.57 Å². The van der Waals surface area contributed by atoms with Crippen LogP contribution >= 0.6 is 15.9 Å². The van der Waals surface area contributed by atoms with Crippen LogP contribution in [-0.4, -0.2) is 19.2 Å². The summed E-state index contributed by atoms with van der Waals surface area (Å²) < 4.78 is 25.6. The van der Waals surface area contributed by atoms with Gasteiger partial charge in [-0.25, -0.2) is 8.42 Å². The monoisotopic (exact) mass is 391 g/mol. The van der Waals surface area contributed by atoms with E-state index in [-0.39, 0.29) is 10.5 Å². The highest BCUT2D eigenvalue weighted by atomic mass is 79.9. The average molecular weight is 392 g/mol. The van der Waals surface area contributed by atoms with Crippen LogP contribution in [0.1, 0.15) is 0 Å². The fraction of sp³-hybridized carbons (Fsp3) is 0.118. The van der Waals surface area contributed by atoms with Gasteiger partial charge >= 0.3 is 0 Å². The predicted octanol–water partition coefficient (Wildman–Crippen LogP) is 3.37. The second kappa shape index (κ2) is 5.62. The lowest BCUT2D eigenvalue weighted by atomic mass is 10.0. The van der Waals surface area contributed by atoms with Gasteiger partial charge in [0.15, 0.2) is 9.84 Å². The third-order valence-electron chi connectivity index (χ3n) is 3.78. The quantitative estimate of drug-likeness (QED) is 0.672. The maximum absolute atomic E-state index is 12.6. The number of pyridine rings is 1. The Morgan fingerprint density at radius 1 is 1.00 bits per heavy atom. The number of aryl methyl sites for hydroxylation is 1. The van der Waals surface area contributed by atoms with Crippen molar-refractivity contribution in [2.45, 2.75) is 4.90 Å². The Morgan fingerprint density at radius 3 is 2.26 bits per heavy atom. The van der Waals surface area contributed by atoms with Gasteiger partial charge in [-0.2, -0.15) is 0 Å². The summed E-state index contributed by atoms with van der Waals surface area (Å²) in [4.78, 5) is 12.8. The standard InChI is InChI=1S/C17H14BrNO3S/c1-19-16-8-5-13(18)9-12(16)10-15(17(19)20)11-3-6-14(7-4-11)23(2,21)22/h3-10H,1-2H3. The van der Waals surface area contributed by atoms with Crippen LogP contribution in [-0.2, 0) is 16.9 Å². The molecule has 0 N–H and O–H groups in total. The fourth-order valence-corrected chi connectivity index (χ4v) is 3.55. The molecule has 0 saturated heterocycles. The summed E-state index contributed by atoms with van der Waals surface area (Å²) in [6.07, 6.45) is 1.16. The second-order valence-corrected chi connectivity index (χ2v) is 8.35. The molecule has 0 fully saturated rings. The van der Waals surface area contributed by atoms with Gasteiger partial charge in [-0.15, -0.1) is 0 Å². The maximum Gasteiger partial charge on any atom is 0.258 e. The zero-order valence-corrected chi connectivity index (χ0v) is 15.0. The minimum absolute atomic E-state index is 0.119. The molecule has 0 unspecified atom stereocenters. The third kappa shape index (κ3) is 2.96. The highest BCUT2D eigenvalue weighted by Crippen LogP contribution is 2.24. The van der Waals surface area contributed by atoms with Crippen molar-refractivity contribution >= 4 is 36.7 Å². The molecule has 23 heavy (non-hydrogen) atoms. The van der Waals surface area contributed by atoms with Crippen molar-refractivity contribution in [3.05, 3.63) is 63.4 Å². The molecule has 0 aliphatic carbocycles. The van der Waals surface area contributed by atoms with Crippen molar-refractivity contribution in [2.24, 2.45) is 7.05 Å². The molecular formula is C17H14BrNO3S. The molecule has 0 radical (unpaired) electrons. The Morgan fingerprint density at radius 2 is 1.65 bits per heavy atom. The van der Waals surface area contributed by atoms with Gasteiger partial charge in [0.25, 0.3) is 5.56 Å². The van der Waals surface area contributed by atoms with E-state index in [0.717, 1.165) is 21.6 Å². The van der Waals surface area contributed by atoms with E-state index in [1.165, 1.54) is 12.1 Å². The summed E-state index contributed by atoms with van der Waals surface area (Å²) in [6, 6.07) is 13.9. The molecule has 4 nitrogen and oxygen atoms in total. The lowest BCUT2D eigenvalue weighted by molar-refractivity contribution is 0.602. The van der Waals surface area contributed by atoms with E-state index < -0.39 is 9.84 Å². The van der Waals surface area contributed by atoms with Crippen LogP contribution in [0.25, 0.3) is 22.0 Å². The lowest BCUT2D eigenvalue weighted by Gasteiger charge is -2.10. The molecule has 0 aliphatic heterocycles. The first-order chi connectivity index (χ1) is 10.8. The number of hydrogen-bond donors (Lipinski definition) is 0. The topological polar surface area (TPSA) is 56.1 Å². The van der Waals surface area contributed by atoms with Gasteiger partial charge in [-0.1, -0.05) is 28.1 Å². The number of sulfone groups is 1. The Balaban J connectivity index is 2.24. The number of aromatic nitrogens is 1. The van der Waals surface area contributed by atoms with Crippen molar-refractivity contribution in [3.63, 3.8) is 0 Å². The average Bonchev–Trinajstić information content (AvgIpc) is 2.50. The first-order valence-corrected chi connectivity index (χ1v) is 9.55. The first kappa shape index (κ1) is 16.0. The molecule has 0 atom stereocenters. The summed E-state index contributed by atoms with van der Waals surface area (Å²) in [5.74, 6) is 0. The highest BCUT2D eigenvalue weighted by molar-refractivity contribution is 9.10.